The number of pyridine rings is 1. The first-order valence-electron chi connectivity index (χ1n) is 11.7. The SMILES string of the molecule is O=C(O)CCOC[C@@H]1C[C@@H](N2CCOCC2)CN1c1cc(-n2ccnc2)c2ccc(Cl)c(Cl)c2n1. The topological polar surface area (TPSA) is 93.0 Å². The largest absolute Gasteiger partial charge is 0.481 e. The van der Waals surface area contributed by atoms with Gasteiger partial charge in [0.1, 0.15) is 5.82 Å². The van der Waals surface area contributed by atoms with Crippen LogP contribution in [0.2, 0.25) is 10.0 Å². The van der Waals surface area contributed by atoms with Gasteiger partial charge < -0.3 is 24.0 Å². The molecule has 11 heteroatoms. The third-order valence-corrected chi connectivity index (χ3v) is 7.43. The number of hydrogen-bond acceptors (Lipinski definition) is 7. The zero-order valence-corrected chi connectivity index (χ0v) is 20.7. The predicted molar refractivity (Wildman–Crippen MR) is 134 cm³/mol. The van der Waals surface area contributed by atoms with E-state index in [-0.39, 0.29) is 19.1 Å². The van der Waals surface area contributed by atoms with E-state index in [1.54, 1.807) is 18.6 Å². The molecule has 9 nitrogen and oxygen atoms in total. The smallest absolute Gasteiger partial charge is 0.305 e. The van der Waals surface area contributed by atoms with E-state index in [0.29, 0.717) is 28.2 Å². The normalized spacial score (nSPS) is 21.1. The van der Waals surface area contributed by atoms with Crippen molar-refractivity contribution in [3.05, 3.63) is 47.0 Å². The van der Waals surface area contributed by atoms with Crippen LogP contribution < -0.4 is 4.90 Å². The van der Waals surface area contributed by atoms with Gasteiger partial charge in [-0.25, -0.2) is 9.97 Å². The Hall–Kier alpha value is -2.43. The number of aliphatic carboxylic acids is 1. The molecule has 3 aromatic rings. The molecule has 4 heterocycles. The molecule has 0 saturated carbocycles. The van der Waals surface area contributed by atoms with Crippen LogP contribution in [0.4, 0.5) is 5.82 Å². The lowest BCUT2D eigenvalue weighted by molar-refractivity contribution is -0.138. The van der Waals surface area contributed by atoms with E-state index in [2.05, 4.69) is 14.8 Å². The van der Waals surface area contributed by atoms with Crippen LogP contribution in [-0.2, 0) is 14.3 Å². The summed E-state index contributed by atoms with van der Waals surface area (Å²) in [6.07, 6.45) is 6.22. The van der Waals surface area contributed by atoms with Crippen LogP contribution in [0.15, 0.2) is 36.9 Å². The molecule has 1 N–H and O–H groups in total. The predicted octanol–water partition coefficient (Wildman–Crippen LogP) is 3.50. The number of ether oxygens (including phenoxy) is 2. The monoisotopic (exact) mass is 519 g/mol. The molecule has 5 rings (SSSR count). The maximum absolute atomic E-state index is 10.9. The summed E-state index contributed by atoms with van der Waals surface area (Å²) in [7, 11) is 0. The second-order valence-electron chi connectivity index (χ2n) is 8.79. The number of halogens is 2. The maximum atomic E-state index is 10.9. The summed E-state index contributed by atoms with van der Waals surface area (Å²) in [5.41, 5.74) is 1.53. The zero-order chi connectivity index (χ0) is 24.4. The molecule has 2 saturated heterocycles. The van der Waals surface area contributed by atoms with E-state index in [0.717, 1.165) is 56.2 Å². The van der Waals surface area contributed by atoms with Crippen molar-refractivity contribution in [2.45, 2.75) is 24.9 Å². The molecule has 2 aliphatic rings. The van der Waals surface area contributed by atoms with E-state index >= 15 is 0 Å². The number of rotatable bonds is 8. The van der Waals surface area contributed by atoms with Gasteiger partial charge in [0.2, 0.25) is 0 Å². The molecular formula is C24H27Cl2N5O4. The average Bonchev–Trinajstić information content (AvgIpc) is 3.55. The van der Waals surface area contributed by atoms with Crippen molar-refractivity contribution in [2.75, 3.05) is 51.0 Å². The third-order valence-electron chi connectivity index (χ3n) is 6.64. The zero-order valence-electron chi connectivity index (χ0n) is 19.1. The molecule has 2 fully saturated rings. The molecule has 186 valence electrons. The summed E-state index contributed by atoms with van der Waals surface area (Å²) in [5, 5.41) is 10.7. The summed E-state index contributed by atoms with van der Waals surface area (Å²) < 4.78 is 13.3. The van der Waals surface area contributed by atoms with Crippen molar-refractivity contribution in [1.29, 1.82) is 0 Å². The van der Waals surface area contributed by atoms with E-state index in [9.17, 15) is 4.79 Å². The van der Waals surface area contributed by atoms with E-state index in [4.69, 9.17) is 42.8 Å². The lowest BCUT2D eigenvalue weighted by Gasteiger charge is -2.32. The van der Waals surface area contributed by atoms with Crippen molar-refractivity contribution in [3.63, 3.8) is 0 Å². The summed E-state index contributed by atoms with van der Waals surface area (Å²) in [6.45, 7) is 4.59. The molecule has 0 amide bonds. The average molecular weight is 520 g/mol. The number of benzene rings is 1. The van der Waals surface area contributed by atoms with E-state index in [1.807, 2.05) is 22.9 Å². The van der Waals surface area contributed by atoms with Crippen LogP contribution in [0, 0.1) is 0 Å². The van der Waals surface area contributed by atoms with Crippen molar-refractivity contribution in [2.24, 2.45) is 0 Å². The molecule has 0 spiro atoms. The van der Waals surface area contributed by atoms with E-state index < -0.39 is 5.97 Å². The van der Waals surface area contributed by atoms with Crippen molar-refractivity contribution >= 4 is 45.9 Å². The second-order valence-corrected chi connectivity index (χ2v) is 9.57. The fourth-order valence-corrected chi connectivity index (χ4v) is 5.24. The minimum absolute atomic E-state index is 0.0211. The van der Waals surface area contributed by atoms with Gasteiger partial charge in [0.25, 0.3) is 0 Å². The lowest BCUT2D eigenvalue weighted by atomic mass is 10.1. The Kier molecular flexibility index (Phi) is 7.40. The first-order valence-corrected chi connectivity index (χ1v) is 12.4. The molecule has 35 heavy (non-hydrogen) atoms. The number of nitrogens with zero attached hydrogens (tertiary/aromatic N) is 5. The number of aromatic nitrogens is 3. The number of carboxylic acids is 1. The van der Waals surface area contributed by atoms with Gasteiger partial charge in [0.15, 0.2) is 0 Å². The Balaban J connectivity index is 1.51. The molecule has 0 radical (unpaired) electrons. The molecule has 0 unspecified atom stereocenters. The van der Waals surface area contributed by atoms with Gasteiger partial charge in [-0.05, 0) is 18.6 Å². The first kappa shape index (κ1) is 24.3. The minimum Gasteiger partial charge on any atom is -0.481 e. The molecule has 2 atom stereocenters. The highest BCUT2D eigenvalue weighted by molar-refractivity contribution is 6.45. The third kappa shape index (κ3) is 5.24. The molecule has 0 bridgehead atoms. The Bertz CT molecular complexity index is 1190. The Labute approximate surface area is 213 Å². The molecule has 0 aliphatic carbocycles. The fourth-order valence-electron chi connectivity index (χ4n) is 4.88. The summed E-state index contributed by atoms with van der Waals surface area (Å²) >= 11 is 13.0. The van der Waals surface area contributed by atoms with Crippen molar-refractivity contribution in [1.82, 2.24) is 19.4 Å². The highest BCUT2D eigenvalue weighted by atomic mass is 35.5. The summed E-state index contributed by atoms with van der Waals surface area (Å²) in [4.78, 5) is 24.8. The quantitative estimate of drug-likeness (QED) is 0.452. The van der Waals surface area contributed by atoms with Crippen LogP contribution in [0.5, 0.6) is 0 Å². The summed E-state index contributed by atoms with van der Waals surface area (Å²) in [5.74, 6) is -0.0971. The standard InChI is InChI=1S/C24H27Cl2N5O4/c25-19-2-1-18-20(30-5-4-27-15-30)12-21(28-24(18)23(19)26)31-13-16(29-6-9-34-10-7-29)11-17(31)14-35-8-3-22(32)33/h1-2,4-5,12,15-17H,3,6-11,13-14H2,(H,32,33)/t16-,17+/m1/s1. The maximum Gasteiger partial charge on any atom is 0.305 e. The van der Waals surface area contributed by atoms with Gasteiger partial charge in [-0.3, -0.25) is 9.69 Å². The van der Waals surface area contributed by atoms with Gasteiger partial charge >= 0.3 is 5.97 Å². The van der Waals surface area contributed by atoms with E-state index in [1.165, 1.54) is 0 Å². The fraction of sp³-hybridized carbons (Fsp3) is 0.458. The van der Waals surface area contributed by atoms with Gasteiger partial charge in [-0.15, -0.1) is 0 Å². The van der Waals surface area contributed by atoms with Crippen LogP contribution in [-0.4, -0.2) is 88.7 Å². The lowest BCUT2D eigenvalue weighted by Crippen LogP contribution is -2.44. The van der Waals surface area contributed by atoms with Gasteiger partial charge in [-0.2, -0.15) is 0 Å². The van der Waals surface area contributed by atoms with Crippen molar-refractivity contribution < 1.29 is 19.4 Å². The van der Waals surface area contributed by atoms with Gasteiger partial charge in [0.05, 0.1) is 66.5 Å². The number of morpholine rings is 1. The minimum atomic E-state index is -0.868. The molecule has 2 aliphatic heterocycles. The number of anilines is 1. The molecule has 1 aromatic carbocycles. The van der Waals surface area contributed by atoms with Crippen LogP contribution in [0.3, 0.4) is 0 Å². The first-order chi connectivity index (χ1) is 17.0. The van der Waals surface area contributed by atoms with Gasteiger partial charge in [-0.1, -0.05) is 23.2 Å². The summed E-state index contributed by atoms with van der Waals surface area (Å²) in [6, 6.07) is 6.09. The van der Waals surface area contributed by atoms with Crippen LogP contribution >= 0.6 is 23.2 Å². The second kappa shape index (κ2) is 10.7. The van der Waals surface area contributed by atoms with Crippen LogP contribution in [0.25, 0.3) is 16.6 Å². The molecule has 2 aromatic heterocycles. The number of carbonyl (C=O) groups is 1. The number of imidazole rings is 1. The van der Waals surface area contributed by atoms with Crippen molar-refractivity contribution in [3.8, 4) is 5.69 Å². The number of fused-ring (bicyclic) bond motifs is 1. The number of carboxylic acid groups (broad SMARTS) is 1. The van der Waals surface area contributed by atoms with Crippen LogP contribution in [0.1, 0.15) is 12.8 Å². The highest BCUT2D eigenvalue weighted by Crippen LogP contribution is 2.37. The highest BCUT2D eigenvalue weighted by Gasteiger charge is 2.37. The Morgan fingerprint density at radius 2 is 2.09 bits per heavy atom. The molecular weight excluding hydrogens is 493 g/mol. The Morgan fingerprint density at radius 3 is 2.83 bits per heavy atom. The Morgan fingerprint density at radius 1 is 1.26 bits per heavy atom. The van der Waals surface area contributed by atoms with Gasteiger partial charge in [0, 0.05) is 49.5 Å². The number of hydrogen-bond donors (Lipinski definition) is 1.